The number of alkyl halides is 3. The number of para-hydroxylation sites is 1. The molecule has 0 radical (unpaired) electrons. The molecule has 3 aliphatic rings. The Hall–Kier alpha value is -3.76. The van der Waals surface area contributed by atoms with E-state index in [9.17, 15) is 32.7 Å². The highest BCUT2D eigenvalue weighted by molar-refractivity contribution is 6.07. The van der Waals surface area contributed by atoms with Crippen LogP contribution in [0.15, 0.2) is 48.5 Å². The standard InChI is InChI=1S/C27H28F3N3O5/c1-15(25(35)36)31-26(37)32(17-11-12-17)23-19-5-2-3-7-21(19)33(22-8-4-6-20(22)23)24(34)16-9-13-18(14-10-16)38-27(28,29)30/h2-3,5,7,9-10,13-15,17,20,22-23H,4,6,8,11-12H2,1H3,(H,31,37)(H,35,36)/t15-,20+,22-,23+/m1/s1. The van der Waals surface area contributed by atoms with Crippen molar-refractivity contribution in [1.29, 1.82) is 0 Å². The molecule has 11 heteroatoms. The van der Waals surface area contributed by atoms with Crippen molar-refractivity contribution in [2.75, 3.05) is 4.90 Å². The highest BCUT2D eigenvalue weighted by Crippen LogP contribution is 2.52. The number of nitrogens with one attached hydrogen (secondary N) is 1. The van der Waals surface area contributed by atoms with Gasteiger partial charge in [-0.25, -0.2) is 4.79 Å². The summed E-state index contributed by atoms with van der Waals surface area (Å²) in [5.74, 6) is -1.95. The van der Waals surface area contributed by atoms with E-state index in [4.69, 9.17) is 0 Å². The van der Waals surface area contributed by atoms with E-state index >= 15 is 0 Å². The molecule has 1 heterocycles. The highest BCUT2D eigenvalue weighted by Gasteiger charge is 2.51. The third-order valence-electron chi connectivity index (χ3n) is 7.52. The van der Waals surface area contributed by atoms with Gasteiger partial charge in [0.25, 0.3) is 5.91 Å². The van der Waals surface area contributed by atoms with Crippen LogP contribution in [0.25, 0.3) is 0 Å². The zero-order chi connectivity index (χ0) is 27.2. The Morgan fingerprint density at radius 3 is 2.37 bits per heavy atom. The lowest BCUT2D eigenvalue weighted by atomic mass is 9.81. The van der Waals surface area contributed by atoms with E-state index in [2.05, 4.69) is 10.1 Å². The maximum absolute atomic E-state index is 13.8. The van der Waals surface area contributed by atoms with Gasteiger partial charge in [-0.1, -0.05) is 24.6 Å². The van der Waals surface area contributed by atoms with Crippen molar-refractivity contribution in [3.8, 4) is 5.75 Å². The third kappa shape index (κ3) is 5.01. The molecule has 2 aromatic carbocycles. The Balaban J connectivity index is 1.50. The van der Waals surface area contributed by atoms with E-state index in [0.29, 0.717) is 12.1 Å². The molecule has 202 valence electrons. The lowest BCUT2D eigenvalue weighted by Gasteiger charge is -2.47. The summed E-state index contributed by atoms with van der Waals surface area (Å²) in [4.78, 5) is 42.1. The summed E-state index contributed by atoms with van der Waals surface area (Å²) in [6, 6.07) is 10.2. The number of nitrogens with zero attached hydrogens (tertiary/aromatic N) is 2. The van der Waals surface area contributed by atoms with Crippen LogP contribution in [0.1, 0.15) is 61.0 Å². The minimum absolute atomic E-state index is 0.0151. The first kappa shape index (κ1) is 25.9. The van der Waals surface area contributed by atoms with E-state index < -0.39 is 30.2 Å². The quantitative estimate of drug-likeness (QED) is 0.540. The van der Waals surface area contributed by atoms with E-state index in [1.807, 2.05) is 18.2 Å². The predicted octanol–water partition coefficient (Wildman–Crippen LogP) is 5.10. The van der Waals surface area contributed by atoms with Crippen molar-refractivity contribution in [3.05, 3.63) is 59.7 Å². The van der Waals surface area contributed by atoms with Crippen LogP contribution in [0, 0.1) is 5.92 Å². The van der Waals surface area contributed by atoms with Crippen LogP contribution in [0.5, 0.6) is 5.75 Å². The Morgan fingerprint density at radius 1 is 1.05 bits per heavy atom. The molecule has 38 heavy (non-hydrogen) atoms. The van der Waals surface area contributed by atoms with Crippen molar-refractivity contribution < 1.29 is 37.4 Å². The summed E-state index contributed by atoms with van der Waals surface area (Å²) < 4.78 is 41.7. The van der Waals surface area contributed by atoms with Gasteiger partial charge < -0.3 is 25.0 Å². The number of carbonyl (C=O) groups excluding carboxylic acids is 2. The van der Waals surface area contributed by atoms with Crippen molar-refractivity contribution in [2.45, 2.75) is 69.6 Å². The summed E-state index contributed by atoms with van der Waals surface area (Å²) in [5.41, 5.74) is 1.67. The fraction of sp³-hybridized carbons (Fsp3) is 0.444. The Kier molecular flexibility index (Phi) is 6.70. The number of hydrogen-bond donors (Lipinski definition) is 2. The Labute approximate surface area is 217 Å². The SMILES string of the molecule is C[C@@H](NC(=O)N(C1CC1)[C@H]1c2ccccc2N(C(=O)c2ccc(OC(F)(F)F)cc2)[C@@H]2CCC[C@@H]21)C(=O)O. The van der Waals surface area contributed by atoms with Crippen molar-refractivity contribution in [2.24, 2.45) is 5.92 Å². The second-order valence-corrected chi connectivity index (χ2v) is 10.1. The minimum atomic E-state index is -4.83. The first-order valence-electron chi connectivity index (χ1n) is 12.6. The molecule has 4 atom stereocenters. The number of rotatable bonds is 6. The molecule has 3 amide bonds. The van der Waals surface area contributed by atoms with Gasteiger partial charge in [-0.05, 0) is 68.5 Å². The van der Waals surface area contributed by atoms with Gasteiger partial charge in [0.1, 0.15) is 11.8 Å². The number of carbonyl (C=O) groups is 3. The van der Waals surface area contributed by atoms with Gasteiger partial charge in [0.15, 0.2) is 0 Å². The molecule has 0 unspecified atom stereocenters. The summed E-state index contributed by atoms with van der Waals surface area (Å²) in [5, 5.41) is 11.9. The summed E-state index contributed by atoms with van der Waals surface area (Å²) >= 11 is 0. The maximum atomic E-state index is 13.8. The molecule has 0 spiro atoms. The zero-order valence-corrected chi connectivity index (χ0v) is 20.6. The van der Waals surface area contributed by atoms with Crippen LogP contribution >= 0.6 is 0 Å². The number of urea groups is 1. The van der Waals surface area contributed by atoms with E-state index in [1.165, 1.54) is 19.1 Å². The highest BCUT2D eigenvalue weighted by atomic mass is 19.4. The minimum Gasteiger partial charge on any atom is -0.480 e. The molecule has 2 N–H and O–H groups in total. The normalized spacial score (nSPS) is 23.2. The fourth-order valence-corrected chi connectivity index (χ4v) is 5.77. The van der Waals surface area contributed by atoms with Gasteiger partial charge in [0.05, 0.1) is 6.04 Å². The molecule has 0 aromatic heterocycles. The third-order valence-corrected chi connectivity index (χ3v) is 7.52. The van der Waals surface area contributed by atoms with Gasteiger partial charge in [-0.2, -0.15) is 0 Å². The van der Waals surface area contributed by atoms with Crippen molar-refractivity contribution in [3.63, 3.8) is 0 Å². The lowest BCUT2D eigenvalue weighted by molar-refractivity contribution is -0.274. The molecule has 0 saturated heterocycles. The molecule has 8 nitrogen and oxygen atoms in total. The first-order chi connectivity index (χ1) is 18.0. The number of anilines is 1. The van der Waals surface area contributed by atoms with Crippen LogP contribution in [0.2, 0.25) is 0 Å². The lowest BCUT2D eigenvalue weighted by Crippen LogP contribution is -2.55. The van der Waals surface area contributed by atoms with Crippen LogP contribution in [-0.4, -0.2) is 52.4 Å². The van der Waals surface area contributed by atoms with Crippen LogP contribution in [0.4, 0.5) is 23.7 Å². The molecule has 1 aliphatic heterocycles. The molecular weight excluding hydrogens is 503 g/mol. The number of halogens is 3. The fourth-order valence-electron chi connectivity index (χ4n) is 5.77. The van der Waals surface area contributed by atoms with E-state index in [0.717, 1.165) is 43.4 Å². The molecule has 2 aliphatic carbocycles. The summed E-state index contributed by atoms with van der Waals surface area (Å²) in [7, 11) is 0. The molecule has 2 saturated carbocycles. The molecule has 2 aromatic rings. The largest absolute Gasteiger partial charge is 0.573 e. The average Bonchev–Trinajstić information content (AvgIpc) is 3.58. The number of carboxylic acids is 1. The van der Waals surface area contributed by atoms with Gasteiger partial charge in [0.2, 0.25) is 0 Å². The van der Waals surface area contributed by atoms with Crippen LogP contribution in [0.3, 0.4) is 0 Å². The second-order valence-electron chi connectivity index (χ2n) is 10.1. The molecular formula is C27H28F3N3O5. The van der Waals surface area contributed by atoms with Crippen LogP contribution in [-0.2, 0) is 4.79 Å². The monoisotopic (exact) mass is 531 g/mol. The number of amides is 3. The van der Waals surface area contributed by atoms with Gasteiger partial charge in [-0.3, -0.25) is 9.59 Å². The second kappa shape index (κ2) is 9.85. The van der Waals surface area contributed by atoms with Gasteiger partial charge in [-0.15, -0.1) is 13.2 Å². The summed E-state index contributed by atoms with van der Waals surface area (Å²) in [6.45, 7) is 1.42. The number of benzene rings is 2. The molecule has 2 fully saturated rings. The predicted molar refractivity (Wildman–Crippen MR) is 131 cm³/mol. The Bertz CT molecular complexity index is 1230. The number of carboxylic acid groups (broad SMARTS) is 1. The number of fused-ring (bicyclic) bond motifs is 2. The van der Waals surface area contributed by atoms with E-state index in [1.54, 1.807) is 15.9 Å². The summed E-state index contributed by atoms with van der Waals surface area (Å²) in [6.07, 6.45) is -0.863. The average molecular weight is 532 g/mol. The van der Waals surface area contributed by atoms with Crippen LogP contribution < -0.4 is 15.0 Å². The Morgan fingerprint density at radius 2 is 1.74 bits per heavy atom. The maximum Gasteiger partial charge on any atom is 0.573 e. The molecule has 5 rings (SSSR count). The van der Waals surface area contributed by atoms with E-state index in [-0.39, 0.29) is 35.5 Å². The number of hydrogen-bond acceptors (Lipinski definition) is 4. The molecule has 0 bridgehead atoms. The van der Waals surface area contributed by atoms with Crippen molar-refractivity contribution >= 4 is 23.6 Å². The van der Waals surface area contributed by atoms with Crippen molar-refractivity contribution in [1.82, 2.24) is 10.2 Å². The first-order valence-corrected chi connectivity index (χ1v) is 12.6. The zero-order valence-electron chi connectivity index (χ0n) is 20.6. The number of aliphatic carboxylic acids is 1. The van der Waals surface area contributed by atoms with Gasteiger partial charge in [0, 0.05) is 29.3 Å². The van der Waals surface area contributed by atoms with Gasteiger partial charge >= 0.3 is 18.4 Å². The number of ether oxygens (including phenoxy) is 1. The topological polar surface area (TPSA) is 99.2 Å². The smallest absolute Gasteiger partial charge is 0.480 e.